The van der Waals surface area contributed by atoms with Gasteiger partial charge in [-0.25, -0.2) is 0 Å². The molecule has 5 heteroatoms. The average Bonchev–Trinajstić information content (AvgIpc) is 2.50. The van der Waals surface area contributed by atoms with E-state index in [-0.39, 0.29) is 18.5 Å². The number of amides is 1. The van der Waals surface area contributed by atoms with Gasteiger partial charge in [0.25, 0.3) is 0 Å². The van der Waals surface area contributed by atoms with Crippen LogP contribution in [0.2, 0.25) is 0 Å². The highest BCUT2D eigenvalue weighted by Crippen LogP contribution is 2.31. The molecule has 1 unspecified atom stereocenters. The fourth-order valence-corrected chi connectivity index (χ4v) is 1.83. The molecule has 118 valence electrons. The molecule has 0 aliphatic heterocycles. The molecule has 5 nitrogen and oxygen atoms in total. The fourth-order valence-electron chi connectivity index (χ4n) is 1.83. The van der Waals surface area contributed by atoms with Gasteiger partial charge in [0.05, 0.1) is 25.8 Å². The van der Waals surface area contributed by atoms with E-state index < -0.39 is 0 Å². The van der Waals surface area contributed by atoms with E-state index >= 15 is 0 Å². The molecule has 0 aromatic heterocycles. The van der Waals surface area contributed by atoms with Crippen molar-refractivity contribution in [3.05, 3.63) is 23.8 Å². The Morgan fingerprint density at radius 2 is 1.81 bits per heavy atom. The number of carbonyl (C=O) groups is 1. The van der Waals surface area contributed by atoms with Crippen LogP contribution in [0.25, 0.3) is 0 Å². The summed E-state index contributed by atoms with van der Waals surface area (Å²) >= 11 is 0. The highest BCUT2D eigenvalue weighted by molar-refractivity contribution is 5.78. The third kappa shape index (κ3) is 5.63. The SMILES string of the molecule is CCCOc1ccc(C(C)NC(=O)CN)cc1OCCC. The van der Waals surface area contributed by atoms with E-state index in [9.17, 15) is 4.79 Å². The normalized spacial score (nSPS) is 11.8. The van der Waals surface area contributed by atoms with Crippen molar-refractivity contribution in [3.63, 3.8) is 0 Å². The lowest BCUT2D eigenvalue weighted by Gasteiger charge is -2.17. The molecule has 0 heterocycles. The lowest BCUT2D eigenvalue weighted by Crippen LogP contribution is -2.32. The van der Waals surface area contributed by atoms with Crippen LogP contribution in [-0.4, -0.2) is 25.7 Å². The second-order valence-electron chi connectivity index (χ2n) is 4.90. The minimum atomic E-state index is -0.176. The van der Waals surface area contributed by atoms with Gasteiger partial charge in [0, 0.05) is 0 Å². The Labute approximate surface area is 126 Å². The molecular formula is C16H26N2O3. The van der Waals surface area contributed by atoms with E-state index in [2.05, 4.69) is 19.2 Å². The van der Waals surface area contributed by atoms with Gasteiger partial charge in [-0.15, -0.1) is 0 Å². The zero-order valence-electron chi connectivity index (χ0n) is 13.1. The van der Waals surface area contributed by atoms with Gasteiger partial charge >= 0.3 is 0 Å². The van der Waals surface area contributed by atoms with Crippen LogP contribution >= 0.6 is 0 Å². The van der Waals surface area contributed by atoms with Crippen LogP contribution < -0.4 is 20.5 Å². The van der Waals surface area contributed by atoms with Crippen molar-refractivity contribution in [2.24, 2.45) is 5.73 Å². The maximum Gasteiger partial charge on any atom is 0.234 e. The Morgan fingerprint density at radius 3 is 2.38 bits per heavy atom. The van der Waals surface area contributed by atoms with E-state index in [0.29, 0.717) is 13.2 Å². The number of benzene rings is 1. The Hall–Kier alpha value is -1.75. The molecule has 0 bridgehead atoms. The Kier molecular flexibility index (Phi) is 7.61. The number of hydrogen-bond donors (Lipinski definition) is 2. The summed E-state index contributed by atoms with van der Waals surface area (Å²) in [4.78, 5) is 11.4. The highest BCUT2D eigenvalue weighted by atomic mass is 16.5. The van der Waals surface area contributed by atoms with Gasteiger partial charge in [-0.1, -0.05) is 19.9 Å². The van der Waals surface area contributed by atoms with E-state index in [1.165, 1.54) is 0 Å². The lowest BCUT2D eigenvalue weighted by molar-refractivity contribution is -0.120. The maximum absolute atomic E-state index is 11.4. The fraction of sp³-hybridized carbons (Fsp3) is 0.562. The van der Waals surface area contributed by atoms with Crippen molar-refractivity contribution in [3.8, 4) is 11.5 Å². The van der Waals surface area contributed by atoms with Crippen LogP contribution in [0.1, 0.15) is 45.2 Å². The standard InChI is InChI=1S/C16H26N2O3/c1-4-8-20-14-7-6-13(10-15(14)21-9-5-2)12(3)18-16(19)11-17/h6-7,10,12H,4-5,8-9,11,17H2,1-3H3,(H,18,19). The first kappa shape index (κ1) is 17.3. The number of carbonyl (C=O) groups excluding carboxylic acids is 1. The molecule has 0 radical (unpaired) electrons. The number of nitrogens with two attached hydrogens (primary N) is 1. The lowest BCUT2D eigenvalue weighted by atomic mass is 10.1. The molecule has 0 aliphatic rings. The average molecular weight is 294 g/mol. The summed E-state index contributed by atoms with van der Waals surface area (Å²) in [7, 11) is 0. The summed E-state index contributed by atoms with van der Waals surface area (Å²) in [6, 6.07) is 5.62. The van der Waals surface area contributed by atoms with Crippen molar-refractivity contribution in [1.82, 2.24) is 5.32 Å². The van der Waals surface area contributed by atoms with Crippen LogP contribution in [-0.2, 0) is 4.79 Å². The Balaban J connectivity index is 2.88. The first-order valence-corrected chi connectivity index (χ1v) is 7.51. The summed E-state index contributed by atoms with van der Waals surface area (Å²) in [5.41, 5.74) is 6.28. The van der Waals surface area contributed by atoms with Crippen molar-refractivity contribution in [1.29, 1.82) is 0 Å². The number of ether oxygens (including phenoxy) is 2. The largest absolute Gasteiger partial charge is 0.490 e. The molecule has 21 heavy (non-hydrogen) atoms. The minimum absolute atomic E-state index is 0.0127. The number of hydrogen-bond acceptors (Lipinski definition) is 4. The number of rotatable bonds is 9. The van der Waals surface area contributed by atoms with Crippen LogP contribution in [0.4, 0.5) is 0 Å². The molecule has 0 saturated heterocycles. The molecule has 1 atom stereocenters. The van der Waals surface area contributed by atoms with Crippen molar-refractivity contribution < 1.29 is 14.3 Å². The van der Waals surface area contributed by atoms with Crippen LogP contribution in [0.15, 0.2) is 18.2 Å². The van der Waals surface area contributed by atoms with Crippen LogP contribution in [0, 0.1) is 0 Å². The first-order chi connectivity index (χ1) is 10.1. The number of nitrogens with one attached hydrogen (secondary N) is 1. The topological polar surface area (TPSA) is 73.6 Å². The Bertz CT molecular complexity index is 449. The van der Waals surface area contributed by atoms with Gasteiger partial charge in [-0.2, -0.15) is 0 Å². The molecule has 1 rings (SSSR count). The molecule has 3 N–H and O–H groups in total. The monoisotopic (exact) mass is 294 g/mol. The predicted octanol–water partition coefficient (Wildman–Crippen LogP) is 2.40. The van der Waals surface area contributed by atoms with Crippen molar-refractivity contribution in [2.75, 3.05) is 19.8 Å². The van der Waals surface area contributed by atoms with Gasteiger partial charge in [0.2, 0.25) is 5.91 Å². The summed E-state index contributed by atoms with van der Waals surface area (Å²) in [5.74, 6) is 1.29. The van der Waals surface area contributed by atoms with Gasteiger partial charge in [-0.3, -0.25) is 4.79 Å². The molecule has 0 aliphatic carbocycles. The smallest absolute Gasteiger partial charge is 0.234 e. The zero-order valence-corrected chi connectivity index (χ0v) is 13.1. The molecule has 0 fully saturated rings. The highest BCUT2D eigenvalue weighted by Gasteiger charge is 2.12. The summed E-state index contributed by atoms with van der Waals surface area (Å²) < 4.78 is 11.4. The third-order valence-electron chi connectivity index (χ3n) is 2.95. The first-order valence-electron chi connectivity index (χ1n) is 7.51. The van der Waals surface area contributed by atoms with Crippen LogP contribution in [0.3, 0.4) is 0 Å². The van der Waals surface area contributed by atoms with Crippen LogP contribution in [0.5, 0.6) is 11.5 Å². The minimum Gasteiger partial charge on any atom is -0.490 e. The molecular weight excluding hydrogens is 268 g/mol. The van der Waals surface area contributed by atoms with E-state index in [1.54, 1.807) is 0 Å². The quantitative estimate of drug-likeness (QED) is 0.733. The van der Waals surface area contributed by atoms with Gasteiger partial charge in [0.1, 0.15) is 0 Å². The van der Waals surface area contributed by atoms with E-state index in [1.807, 2.05) is 25.1 Å². The molecule has 1 aromatic rings. The molecule has 1 aromatic carbocycles. The summed E-state index contributed by atoms with van der Waals surface area (Å²) in [6.07, 6.45) is 1.87. The van der Waals surface area contributed by atoms with Crippen molar-refractivity contribution >= 4 is 5.91 Å². The molecule has 0 spiro atoms. The van der Waals surface area contributed by atoms with E-state index in [4.69, 9.17) is 15.2 Å². The second-order valence-corrected chi connectivity index (χ2v) is 4.90. The van der Waals surface area contributed by atoms with Gasteiger partial charge in [-0.05, 0) is 37.5 Å². The van der Waals surface area contributed by atoms with Gasteiger partial charge < -0.3 is 20.5 Å². The predicted molar refractivity (Wildman–Crippen MR) is 83.6 cm³/mol. The molecule has 1 amide bonds. The summed E-state index contributed by atoms with van der Waals surface area (Å²) in [5, 5.41) is 2.83. The van der Waals surface area contributed by atoms with Gasteiger partial charge in [0.15, 0.2) is 11.5 Å². The van der Waals surface area contributed by atoms with E-state index in [0.717, 1.165) is 29.9 Å². The third-order valence-corrected chi connectivity index (χ3v) is 2.95. The maximum atomic E-state index is 11.4. The van der Waals surface area contributed by atoms with Crippen molar-refractivity contribution in [2.45, 2.75) is 39.7 Å². The second kappa shape index (κ2) is 9.23. The zero-order chi connectivity index (χ0) is 15.7. The molecule has 0 saturated carbocycles. The Morgan fingerprint density at radius 1 is 1.19 bits per heavy atom. The summed E-state index contributed by atoms with van der Waals surface area (Å²) in [6.45, 7) is 7.31.